The first kappa shape index (κ1) is 27.3. The second-order valence-corrected chi connectivity index (χ2v) is 9.47. The van der Waals surface area contributed by atoms with Crippen LogP contribution in [0.4, 0.5) is 0 Å². The van der Waals surface area contributed by atoms with Gasteiger partial charge in [0.05, 0.1) is 21.8 Å². The Morgan fingerprint density at radius 1 is 0.722 bits per heavy atom. The van der Waals surface area contributed by atoms with Gasteiger partial charge in [0, 0.05) is 44.3 Å². The quantitative estimate of drug-likeness (QED) is 0.279. The fraction of sp³-hybridized carbons (Fsp3) is 0.143. The van der Waals surface area contributed by atoms with Gasteiger partial charge in [-0.15, -0.1) is 0 Å². The minimum Gasteiger partial charge on any atom is -0.362 e. The molecular weight excluding hydrogens is 519 g/mol. The second-order valence-electron chi connectivity index (χ2n) is 8.19. The first-order valence-corrected chi connectivity index (χ1v) is 12.1. The Labute approximate surface area is 224 Å². The van der Waals surface area contributed by atoms with E-state index in [0.29, 0.717) is 43.1 Å². The number of hydrogen-bond acceptors (Lipinski definition) is 4. The molecule has 0 aliphatic heterocycles. The van der Waals surface area contributed by atoms with E-state index < -0.39 is 0 Å². The molecular formula is C28H23Cl3N2O3. The molecule has 2 aromatic carbocycles. The van der Waals surface area contributed by atoms with Crippen molar-refractivity contribution in [3.05, 3.63) is 131 Å². The molecule has 2 aromatic heterocycles. The summed E-state index contributed by atoms with van der Waals surface area (Å²) in [5, 5.41) is 1.58. The minimum absolute atomic E-state index is 0.137. The molecule has 1 N–H and O–H groups in total. The lowest BCUT2D eigenvalue weighted by Gasteiger charge is -2.08. The third-order valence-corrected chi connectivity index (χ3v) is 6.10. The van der Waals surface area contributed by atoms with E-state index in [1.807, 2.05) is 6.92 Å². The van der Waals surface area contributed by atoms with Crippen LogP contribution in [0.5, 0.6) is 0 Å². The zero-order valence-electron chi connectivity index (χ0n) is 20.1. The summed E-state index contributed by atoms with van der Waals surface area (Å²) < 4.78 is 0. The number of aromatic nitrogens is 2. The summed E-state index contributed by atoms with van der Waals surface area (Å²) in [6, 6.07) is 16.3. The van der Waals surface area contributed by atoms with E-state index in [-0.39, 0.29) is 22.6 Å². The number of nitrogens with one attached hydrogen (secondary N) is 1. The van der Waals surface area contributed by atoms with Crippen molar-refractivity contribution in [2.75, 3.05) is 0 Å². The van der Waals surface area contributed by atoms with Gasteiger partial charge in [0.2, 0.25) is 0 Å². The second kappa shape index (κ2) is 11.7. The average Bonchev–Trinajstić information content (AvgIpc) is 2.79. The molecule has 36 heavy (non-hydrogen) atoms. The zero-order valence-corrected chi connectivity index (χ0v) is 22.3. The summed E-state index contributed by atoms with van der Waals surface area (Å²) in [7, 11) is 0. The molecule has 0 saturated carbocycles. The van der Waals surface area contributed by atoms with E-state index in [1.165, 1.54) is 6.07 Å². The number of ketones is 2. The monoisotopic (exact) mass is 540 g/mol. The predicted octanol–water partition coefficient (Wildman–Crippen LogP) is 7.11. The van der Waals surface area contributed by atoms with Crippen molar-refractivity contribution in [1.82, 2.24) is 9.97 Å². The van der Waals surface area contributed by atoms with Crippen LogP contribution in [0.15, 0.2) is 65.5 Å². The van der Waals surface area contributed by atoms with Crippen molar-refractivity contribution in [2.24, 2.45) is 0 Å². The molecule has 0 radical (unpaired) electrons. The third kappa shape index (κ3) is 6.49. The van der Waals surface area contributed by atoms with E-state index in [1.54, 1.807) is 75.4 Å². The van der Waals surface area contributed by atoms with Gasteiger partial charge in [0.25, 0.3) is 0 Å². The average molecular weight is 542 g/mol. The van der Waals surface area contributed by atoms with Crippen molar-refractivity contribution in [1.29, 1.82) is 0 Å². The number of carbonyl (C=O) groups is 2. The molecule has 0 bridgehead atoms. The van der Waals surface area contributed by atoms with Gasteiger partial charge < -0.3 is 4.98 Å². The Balaban J connectivity index is 0.000000201. The molecule has 0 saturated heterocycles. The van der Waals surface area contributed by atoms with Crippen LogP contribution < -0.4 is 5.43 Å². The minimum atomic E-state index is -0.287. The normalized spacial score (nSPS) is 10.4. The van der Waals surface area contributed by atoms with Crippen molar-refractivity contribution < 1.29 is 9.59 Å². The van der Waals surface area contributed by atoms with Gasteiger partial charge in [-0.05, 0) is 82.3 Å². The van der Waals surface area contributed by atoms with Gasteiger partial charge in [-0.1, -0.05) is 34.8 Å². The molecule has 0 amide bonds. The van der Waals surface area contributed by atoms with Crippen molar-refractivity contribution in [3.8, 4) is 0 Å². The number of rotatable bonds is 4. The van der Waals surface area contributed by atoms with E-state index in [0.717, 1.165) is 11.4 Å². The van der Waals surface area contributed by atoms with Gasteiger partial charge in [0.15, 0.2) is 17.0 Å². The first-order chi connectivity index (χ1) is 17.0. The maximum Gasteiger partial charge on any atom is 0.198 e. The number of pyridine rings is 2. The van der Waals surface area contributed by atoms with Crippen LogP contribution in [0.25, 0.3) is 0 Å². The van der Waals surface area contributed by atoms with Gasteiger partial charge >= 0.3 is 0 Å². The standard InChI is InChI=1S/C14H11Cl2NO.C14H12ClNO2/c1-8-7-12(16)13(9(2)17-8)14(18)10-3-5-11(15)6-4-10;1-8-7-12(17)13(9(2)16-8)14(18)10-3-5-11(15)6-4-10/h3-7H,1-2H3;3-7H,1-2H3,(H,16,17). The molecule has 0 atom stereocenters. The number of carbonyl (C=O) groups excluding carboxylic acids is 2. The van der Waals surface area contributed by atoms with Gasteiger partial charge in [-0.3, -0.25) is 19.4 Å². The topological polar surface area (TPSA) is 79.9 Å². The van der Waals surface area contributed by atoms with Crippen molar-refractivity contribution in [3.63, 3.8) is 0 Å². The van der Waals surface area contributed by atoms with Crippen LogP contribution in [0.3, 0.4) is 0 Å². The first-order valence-electron chi connectivity index (χ1n) is 10.9. The molecule has 8 heteroatoms. The van der Waals surface area contributed by atoms with Crippen LogP contribution in [-0.2, 0) is 0 Å². The number of aryl methyl sites for hydroxylation is 4. The number of nitrogens with zero attached hydrogens (tertiary/aromatic N) is 1. The molecule has 2 heterocycles. The SMILES string of the molecule is Cc1cc(=O)c(C(=O)c2ccc(Cl)cc2)c(C)[nH]1.Cc1cc(Cl)c(C(=O)c2ccc(Cl)cc2)c(C)n1. The smallest absolute Gasteiger partial charge is 0.198 e. The molecule has 0 aliphatic carbocycles. The van der Waals surface area contributed by atoms with E-state index >= 15 is 0 Å². The number of hydrogen-bond donors (Lipinski definition) is 1. The molecule has 0 aliphatic rings. The molecule has 0 spiro atoms. The summed E-state index contributed by atoms with van der Waals surface area (Å²) in [5.41, 5.74) is 4.14. The molecule has 4 aromatic rings. The largest absolute Gasteiger partial charge is 0.362 e. The Bertz CT molecular complexity index is 1470. The van der Waals surface area contributed by atoms with Gasteiger partial charge in [-0.2, -0.15) is 0 Å². The van der Waals surface area contributed by atoms with Crippen molar-refractivity contribution >= 4 is 46.4 Å². The molecule has 4 rings (SSSR count). The third-order valence-electron chi connectivity index (χ3n) is 5.30. The summed E-state index contributed by atoms with van der Waals surface area (Å²) in [6.07, 6.45) is 0. The fourth-order valence-electron chi connectivity index (χ4n) is 3.68. The van der Waals surface area contributed by atoms with Crippen LogP contribution in [0, 0.1) is 27.7 Å². The Kier molecular flexibility index (Phi) is 8.85. The Morgan fingerprint density at radius 3 is 1.64 bits per heavy atom. The number of aromatic amines is 1. The lowest BCUT2D eigenvalue weighted by Crippen LogP contribution is -2.19. The highest BCUT2D eigenvalue weighted by Gasteiger charge is 2.17. The van der Waals surface area contributed by atoms with Gasteiger partial charge in [-0.25, -0.2) is 0 Å². The lowest BCUT2D eigenvalue weighted by molar-refractivity contribution is 0.102. The van der Waals surface area contributed by atoms with E-state index in [4.69, 9.17) is 34.8 Å². The molecule has 0 fully saturated rings. The number of halogens is 3. The summed E-state index contributed by atoms with van der Waals surface area (Å²) in [6.45, 7) is 7.12. The van der Waals surface area contributed by atoms with Crippen LogP contribution in [-0.4, -0.2) is 21.5 Å². The Hall–Kier alpha value is -3.25. The highest BCUT2D eigenvalue weighted by molar-refractivity contribution is 6.35. The Morgan fingerprint density at radius 2 is 1.19 bits per heavy atom. The summed E-state index contributed by atoms with van der Waals surface area (Å²) in [4.78, 5) is 43.7. The summed E-state index contributed by atoms with van der Waals surface area (Å²) >= 11 is 17.7. The van der Waals surface area contributed by atoms with E-state index in [9.17, 15) is 14.4 Å². The zero-order chi connectivity index (χ0) is 26.6. The number of benzene rings is 2. The molecule has 0 unspecified atom stereocenters. The maximum absolute atomic E-state index is 12.3. The number of H-pyrrole nitrogens is 1. The predicted molar refractivity (Wildman–Crippen MR) is 145 cm³/mol. The van der Waals surface area contributed by atoms with E-state index in [2.05, 4.69) is 9.97 Å². The highest BCUT2D eigenvalue weighted by Crippen LogP contribution is 2.23. The maximum atomic E-state index is 12.3. The van der Waals surface area contributed by atoms with Crippen LogP contribution in [0.1, 0.15) is 54.6 Å². The van der Waals surface area contributed by atoms with Crippen LogP contribution >= 0.6 is 34.8 Å². The lowest BCUT2D eigenvalue weighted by atomic mass is 10.0. The highest BCUT2D eigenvalue weighted by atomic mass is 35.5. The van der Waals surface area contributed by atoms with Crippen LogP contribution in [0.2, 0.25) is 15.1 Å². The molecule has 184 valence electrons. The summed E-state index contributed by atoms with van der Waals surface area (Å²) in [5.74, 6) is -0.424. The fourth-order valence-corrected chi connectivity index (χ4v) is 4.31. The molecule has 5 nitrogen and oxygen atoms in total. The van der Waals surface area contributed by atoms with Crippen molar-refractivity contribution in [2.45, 2.75) is 27.7 Å². The van der Waals surface area contributed by atoms with Gasteiger partial charge in [0.1, 0.15) is 0 Å².